The molecule has 19 heavy (non-hydrogen) atoms. The molecule has 5 heteroatoms. The first kappa shape index (κ1) is 14.5. The van der Waals surface area contributed by atoms with Crippen LogP contribution in [0.1, 0.15) is 30.1 Å². The van der Waals surface area contributed by atoms with Crippen LogP contribution in [0.5, 0.6) is 0 Å². The van der Waals surface area contributed by atoms with E-state index in [-0.39, 0.29) is 11.9 Å². The Bertz CT molecular complexity index is 447. The second-order valence-electron chi connectivity index (χ2n) is 4.86. The molecule has 1 aromatic rings. The molecule has 1 unspecified atom stereocenters. The molecule has 1 amide bonds. The van der Waals surface area contributed by atoms with E-state index in [0.29, 0.717) is 10.0 Å². The van der Waals surface area contributed by atoms with Crippen molar-refractivity contribution in [3.8, 4) is 0 Å². The Balaban J connectivity index is 2.00. The maximum Gasteiger partial charge on any atom is 0.251 e. The van der Waals surface area contributed by atoms with Crippen LogP contribution in [0.4, 0.5) is 4.39 Å². The second-order valence-corrected chi connectivity index (χ2v) is 5.78. The number of halogens is 2. The van der Waals surface area contributed by atoms with Crippen LogP contribution < -0.4 is 5.32 Å². The van der Waals surface area contributed by atoms with Crippen molar-refractivity contribution in [2.45, 2.75) is 25.8 Å². The monoisotopic (exact) mass is 328 g/mol. The molecule has 104 valence electrons. The summed E-state index contributed by atoms with van der Waals surface area (Å²) < 4.78 is 13.8. The van der Waals surface area contributed by atoms with E-state index in [1.807, 2.05) is 0 Å². The van der Waals surface area contributed by atoms with Crippen LogP contribution in [0.15, 0.2) is 22.7 Å². The normalized spacial score (nSPS) is 20.3. The van der Waals surface area contributed by atoms with E-state index in [2.05, 4.69) is 33.1 Å². The number of rotatable bonds is 3. The van der Waals surface area contributed by atoms with E-state index in [4.69, 9.17) is 0 Å². The highest BCUT2D eigenvalue weighted by Crippen LogP contribution is 2.16. The summed E-state index contributed by atoms with van der Waals surface area (Å²) in [5.41, 5.74) is 0.362. The molecule has 1 aliphatic heterocycles. The fourth-order valence-corrected chi connectivity index (χ4v) is 2.88. The van der Waals surface area contributed by atoms with Crippen LogP contribution in [0.2, 0.25) is 0 Å². The first-order valence-electron chi connectivity index (χ1n) is 6.58. The van der Waals surface area contributed by atoms with Crippen LogP contribution in [-0.2, 0) is 0 Å². The van der Waals surface area contributed by atoms with Gasteiger partial charge in [-0.3, -0.25) is 4.79 Å². The highest BCUT2D eigenvalue weighted by Gasteiger charge is 2.21. The number of amides is 1. The number of piperidine rings is 1. The Morgan fingerprint density at radius 3 is 3.00 bits per heavy atom. The standard InChI is InChI=1S/C14H18BrFN2O/c1-2-18-5-3-4-13(9-18)17-14(19)10-6-11(15)8-12(16)7-10/h6-8,13H,2-5,9H2,1H3,(H,17,19). The number of likely N-dealkylation sites (N-methyl/N-ethyl adjacent to an activating group) is 1. The van der Waals surface area contributed by atoms with Gasteiger partial charge in [0.25, 0.3) is 5.91 Å². The zero-order chi connectivity index (χ0) is 13.8. The number of carbonyl (C=O) groups excluding carboxylic acids is 1. The van der Waals surface area contributed by atoms with Gasteiger partial charge in [0.05, 0.1) is 0 Å². The molecule has 2 rings (SSSR count). The summed E-state index contributed by atoms with van der Waals surface area (Å²) in [7, 11) is 0. The number of benzene rings is 1. The van der Waals surface area contributed by atoms with Gasteiger partial charge in [0.2, 0.25) is 0 Å². The van der Waals surface area contributed by atoms with E-state index in [0.717, 1.165) is 32.5 Å². The van der Waals surface area contributed by atoms with E-state index >= 15 is 0 Å². The second kappa shape index (κ2) is 6.48. The lowest BCUT2D eigenvalue weighted by Crippen LogP contribution is -2.47. The minimum atomic E-state index is -0.404. The van der Waals surface area contributed by atoms with E-state index < -0.39 is 5.82 Å². The van der Waals surface area contributed by atoms with Gasteiger partial charge < -0.3 is 10.2 Å². The molecule has 0 saturated carbocycles. The van der Waals surface area contributed by atoms with Crippen molar-refractivity contribution >= 4 is 21.8 Å². The highest BCUT2D eigenvalue weighted by molar-refractivity contribution is 9.10. The molecule has 1 aliphatic rings. The van der Waals surface area contributed by atoms with Gasteiger partial charge in [-0.1, -0.05) is 22.9 Å². The smallest absolute Gasteiger partial charge is 0.251 e. The molecule has 1 saturated heterocycles. The average molecular weight is 329 g/mol. The molecule has 0 spiro atoms. The first-order chi connectivity index (χ1) is 9.08. The SMILES string of the molecule is CCN1CCCC(NC(=O)c2cc(F)cc(Br)c2)C1. The molecule has 1 heterocycles. The van der Waals surface area contributed by atoms with E-state index in [1.165, 1.54) is 12.1 Å². The third-order valence-corrected chi connectivity index (χ3v) is 3.87. The molecule has 0 bridgehead atoms. The minimum absolute atomic E-state index is 0.156. The van der Waals surface area contributed by atoms with Gasteiger partial charge in [-0.25, -0.2) is 4.39 Å². The fourth-order valence-electron chi connectivity index (χ4n) is 2.41. The fraction of sp³-hybridized carbons (Fsp3) is 0.500. The van der Waals surface area contributed by atoms with Gasteiger partial charge in [0.15, 0.2) is 0 Å². The highest BCUT2D eigenvalue weighted by atomic mass is 79.9. The lowest BCUT2D eigenvalue weighted by Gasteiger charge is -2.32. The number of carbonyl (C=O) groups is 1. The van der Waals surface area contributed by atoms with Crippen molar-refractivity contribution in [2.75, 3.05) is 19.6 Å². The van der Waals surface area contributed by atoms with Crippen molar-refractivity contribution in [3.05, 3.63) is 34.1 Å². The average Bonchev–Trinajstić information content (AvgIpc) is 2.37. The van der Waals surface area contributed by atoms with Gasteiger partial charge >= 0.3 is 0 Å². The van der Waals surface area contributed by atoms with Crippen molar-refractivity contribution in [2.24, 2.45) is 0 Å². The largest absolute Gasteiger partial charge is 0.348 e. The molecule has 0 aliphatic carbocycles. The number of nitrogens with one attached hydrogen (secondary N) is 1. The van der Waals surface area contributed by atoms with E-state index in [9.17, 15) is 9.18 Å². The summed E-state index contributed by atoms with van der Waals surface area (Å²) in [5, 5.41) is 2.99. The van der Waals surface area contributed by atoms with Gasteiger partial charge in [0, 0.05) is 22.6 Å². The summed E-state index contributed by atoms with van der Waals surface area (Å²) in [6.45, 7) is 5.08. The van der Waals surface area contributed by atoms with Crippen molar-refractivity contribution in [1.82, 2.24) is 10.2 Å². The molecule has 1 fully saturated rings. The Labute approximate surface area is 121 Å². The summed E-state index contributed by atoms with van der Waals surface area (Å²) >= 11 is 3.20. The third-order valence-electron chi connectivity index (χ3n) is 3.41. The van der Waals surface area contributed by atoms with Gasteiger partial charge in [-0.15, -0.1) is 0 Å². The first-order valence-corrected chi connectivity index (χ1v) is 7.37. The summed E-state index contributed by atoms with van der Waals surface area (Å²) in [6.07, 6.45) is 2.07. The van der Waals surface area contributed by atoms with Crippen LogP contribution in [0, 0.1) is 5.82 Å². The Morgan fingerprint density at radius 2 is 2.32 bits per heavy atom. The van der Waals surface area contributed by atoms with Gasteiger partial charge in [0.1, 0.15) is 5.82 Å². The molecule has 1 N–H and O–H groups in total. The zero-order valence-electron chi connectivity index (χ0n) is 11.0. The minimum Gasteiger partial charge on any atom is -0.348 e. The topological polar surface area (TPSA) is 32.3 Å². The van der Waals surface area contributed by atoms with Gasteiger partial charge in [-0.2, -0.15) is 0 Å². The number of hydrogen-bond acceptors (Lipinski definition) is 2. The number of nitrogens with zero attached hydrogens (tertiary/aromatic N) is 1. The number of hydrogen-bond donors (Lipinski definition) is 1. The molecule has 1 aromatic carbocycles. The van der Waals surface area contributed by atoms with Crippen LogP contribution in [-0.4, -0.2) is 36.5 Å². The lowest BCUT2D eigenvalue weighted by molar-refractivity contribution is 0.0905. The Morgan fingerprint density at radius 1 is 1.53 bits per heavy atom. The molecule has 1 atom stereocenters. The maximum atomic E-state index is 13.3. The summed E-state index contributed by atoms with van der Waals surface area (Å²) in [6, 6.07) is 4.40. The Hall–Kier alpha value is -0.940. The van der Waals surface area contributed by atoms with Gasteiger partial charge in [-0.05, 0) is 44.1 Å². The summed E-state index contributed by atoms with van der Waals surface area (Å²) in [4.78, 5) is 14.4. The lowest BCUT2D eigenvalue weighted by atomic mass is 10.1. The molecular weight excluding hydrogens is 311 g/mol. The predicted octanol–water partition coefficient (Wildman–Crippen LogP) is 2.80. The molecular formula is C14H18BrFN2O. The van der Waals surface area contributed by atoms with Crippen molar-refractivity contribution in [1.29, 1.82) is 0 Å². The predicted molar refractivity (Wildman–Crippen MR) is 76.7 cm³/mol. The van der Waals surface area contributed by atoms with E-state index in [1.54, 1.807) is 6.07 Å². The molecule has 0 radical (unpaired) electrons. The molecule has 3 nitrogen and oxygen atoms in total. The summed E-state index contributed by atoms with van der Waals surface area (Å²) in [5.74, 6) is -0.610. The number of likely N-dealkylation sites (tertiary alicyclic amines) is 1. The Kier molecular flexibility index (Phi) is 4.93. The van der Waals surface area contributed by atoms with Crippen LogP contribution in [0.3, 0.4) is 0 Å². The van der Waals surface area contributed by atoms with Crippen LogP contribution >= 0.6 is 15.9 Å². The van der Waals surface area contributed by atoms with Crippen molar-refractivity contribution in [3.63, 3.8) is 0 Å². The zero-order valence-corrected chi connectivity index (χ0v) is 12.5. The molecule has 0 aromatic heterocycles. The van der Waals surface area contributed by atoms with Crippen molar-refractivity contribution < 1.29 is 9.18 Å². The van der Waals surface area contributed by atoms with Crippen LogP contribution in [0.25, 0.3) is 0 Å². The quantitative estimate of drug-likeness (QED) is 0.925. The maximum absolute atomic E-state index is 13.3. The third kappa shape index (κ3) is 4.01.